The van der Waals surface area contributed by atoms with Gasteiger partial charge in [-0.05, 0) is 47.4 Å². The Labute approximate surface area is 135 Å². The molecule has 0 atom stereocenters. The summed E-state index contributed by atoms with van der Waals surface area (Å²) in [5.41, 5.74) is 1.75. The van der Waals surface area contributed by atoms with E-state index < -0.39 is 0 Å². The summed E-state index contributed by atoms with van der Waals surface area (Å²) >= 11 is 0. The van der Waals surface area contributed by atoms with Crippen LogP contribution in [0.3, 0.4) is 0 Å². The average Bonchev–Trinajstić information content (AvgIpc) is 2.56. The fraction of sp³-hybridized carbons (Fsp3) is 0.333. The van der Waals surface area contributed by atoms with Gasteiger partial charge in [-0.15, -0.1) is 0 Å². The second kappa shape index (κ2) is 7.13. The molecule has 2 aromatic rings. The van der Waals surface area contributed by atoms with Crippen molar-refractivity contribution in [2.24, 2.45) is 10.9 Å². The third kappa shape index (κ3) is 4.00. The van der Waals surface area contributed by atoms with Crippen LogP contribution in [0.1, 0.15) is 37.7 Å². The van der Waals surface area contributed by atoms with Crippen LogP contribution >= 0.6 is 0 Å². The van der Waals surface area contributed by atoms with Crippen molar-refractivity contribution in [1.82, 2.24) is 5.32 Å². The van der Waals surface area contributed by atoms with Crippen LogP contribution in [-0.4, -0.2) is 18.3 Å². The van der Waals surface area contributed by atoms with Crippen molar-refractivity contribution in [1.29, 1.82) is 0 Å². The first-order chi connectivity index (χ1) is 11.2. The van der Waals surface area contributed by atoms with E-state index in [4.69, 9.17) is 5.84 Å². The van der Waals surface area contributed by atoms with Gasteiger partial charge in [-0.3, -0.25) is 0 Å². The summed E-state index contributed by atoms with van der Waals surface area (Å²) < 4.78 is 0. The van der Waals surface area contributed by atoms with E-state index in [1.807, 2.05) is 36.4 Å². The van der Waals surface area contributed by atoms with E-state index in [1.54, 1.807) is 6.21 Å². The van der Waals surface area contributed by atoms with E-state index in [0.717, 1.165) is 34.9 Å². The van der Waals surface area contributed by atoms with Crippen LogP contribution in [0.4, 0.5) is 10.5 Å². The van der Waals surface area contributed by atoms with Crippen LogP contribution in [-0.2, 0) is 0 Å². The van der Waals surface area contributed by atoms with E-state index in [-0.39, 0.29) is 6.03 Å². The van der Waals surface area contributed by atoms with Gasteiger partial charge in [-0.25, -0.2) is 4.79 Å². The predicted molar refractivity (Wildman–Crippen MR) is 94.8 cm³/mol. The predicted octanol–water partition coefficient (Wildman–Crippen LogP) is 3.59. The monoisotopic (exact) mass is 310 g/mol. The highest BCUT2D eigenvalue weighted by Gasteiger charge is 2.15. The summed E-state index contributed by atoms with van der Waals surface area (Å²) in [5, 5.41) is 11.7. The summed E-state index contributed by atoms with van der Waals surface area (Å²) in [4.78, 5) is 12.1. The van der Waals surface area contributed by atoms with Gasteiger partial charge >= 0.3 is 6.03 Å². The first kappa shape index (κ1) is 15.3. The van der Waals surface area contributed by atoms with Gasteiger partial charge < -0.3 is 16.5 Å². The molecule has 3 rings (SSSR count). The van der Waals surface area contributed by atoms with Crippen LogP contribution in [0.5, 0.6) is 0 Å². The number of hydrogen-bond donors (Lipinski definition) is 3. The topological polar surface area (TPSA) is 79.5 Å². The van der Waals surface area contributed by atoms with Gasteiger partial charge in [0.1, 0.15) is 0 Å². The minimum absolute atomic E-state index is 0.122. The molecule has 5 nitrogen and oxygen atoms in total. The number of fused-ring (bicyclic) bond motifs is 1. The zero-order chi connectivity index (χ0) is 16.1. The molecule has 0 spiro atoms. The highest BCUT2D eigenvalue weighted by atomic mass is 16.2. The van der Waals surface area contributed by atoms with Crippen LogP contribution in [0.2, 0.25) is 0 Å². The second-order valence-electron chi connectivity index (χ2n) is 6.03. The number of benzene rings is 2. The molecule has 1 fully saturated rings. The van der Waals surface area contributed by atoms with Crippen LogP contribution < -0.4 is 16.5 Å². The smallest absolute Gasteiger partial charge is 0.319 e. The molecular weight excluding hydrogens is 288 g/mol. The molecule has 120 valence electrons. The first-order valence-corrected chi connectivity index (χ1v) is 8.09. The fourth-order valence-electron chi connectivity index (χ4n) is 3.11. The lowest BCUT2D eigenvalue weighted by Gasteiger charge is -2.22. The zero-order valence-corrected chi connectivity index (χ0v) is 13.1. The highest BCUT2D eigenvalue weighted by molar-refractivity contribution is 5.95. The number of hydrazone groups is 1. The van der Waals surface area contributed by atoms with Crippen molar-refractivity contribution in [2.45, 2.75) is 38.1 Å². The molecule has 1 aliphatic rings. The van der Waals surface area contributed by atoms with E-state index in [2.05, 4.69) is 15.7 Å². The molecule has 1 saturated carbocycles. The molecule has 2 amide bonds. The Bertz CT molecular complexity index is 720. The molecule has 23 heavy (non-hydrogen) atoms. The molecule has 0 saturated heterocycles. The molecule has 2 aromatic carbocycles. The number of rotatable bonds is 3. The maximum absolute atomic E-state index is 12.1. The van der Waals surface area contributed by atoms with Crippen LogP contribution in [0.15, 0.2) is 41.5 Å². The molecule has 0 radical (unpaired) electrons. The van der Waals surface area contributed by atoms with Gasteiger partial charge in [-0.2, -0.15) is 5.10 Å². The van der Waals surface area contributed by atoms with Crippen molar-refractivity contribution < 1.29 is 4.79 Å². The number of nitrogens with one attached hydrogen (secondary N) is 2. The van der Waals surface area contributed by atoms with Crippen molar-refractivity contribution in [2.75, 3.05) is 5.32 Å². The third-order valence-corrected chi connectivity index (χ3v) is 4.29. The fourth-order valence-corrected chi connectivity index (χ4v) is 3.11. The number of urea groups is 1. The number of nitrogens with two attached hydrogens (primary N) is 1. The van der Waals surface area contributed by atoms with Gasteiger partial charge in [-0.1, -0.05) is 37.5 Å². The maximum Gasteiger partial charge on any atom is 0.319 e. The van der Waals surface area contributed by atoms with E-state index in [1.165, 1.54) is 19.3 Å². The van der Waals surface area contributed by atoms with Crippen LogP contribution in [0.25, 0.3) is 10.8 Å². The number of hydrogen-bond acceptors (Lipinski definition) is 3. The second-order valence-corrected chi connectivity index (χ2v) is 6.03. The van der Waals surface area contributed by atoms with Gasteiger partial charge in [0, 0.05) is 11.7 Å². The SMILES string of the molecule is N/N=C\c1ccc2cc(NC(=O)NC3CCCCC3)ccc2c1. The number of anilines is 1. The number of carbonyl (C=O) groups is 1. The summed E-state index contributed by atoms with van der Waals surface area (Å²) in [7, 11) is 0. The lowest BCUT2D eigenvalue weighted by atomic mass is 9.96. The van der Waals surface area contributed by atoms with E-state index in [0.29, 0.717) is 6.04 Å². The van der Waals surface area contributed by atoms with Gasteiger partial charge in [0.05, 0.1) is 6.21 Å². The number of amides is 2. The average molecular weight is 310 g/mol. The summed E-state index contributed by atoms with van der Waals surface area (Å²) in [6.45, 7) is 0. The normalized spacial score (nSPS) is 15.8. The molecule has 5 heteroatoms. The number of carbonyl (C=O) groups excluding carboxylic acids is 1. The minimum Gasteiger partial charge on any atom is -0.335 e. The van der Waals surface area contributed by atoms with E-state index >= 15 is 0 Å². The largest absolute Gasteiger partial charge is 0.335 e. The Kier molecular flexibility index (Phi) is 4.76. The Morgan fingerprint density at radius 1 is 1.09 bits per heavy atom. The lowest BCUT2D eigenvalue weighted by Crippen LogP contribution is -2.38. The quantitative estimate of drug-likeness (QED) is 0.460. The summed E-state index contributed by atoms with van der Waals surface area (Å²) in [5.74, 6) is 5.18. The van der Waals surface area contributed by atoms with Crippen molar-refractivity contribution in [3.05, 3.63) is 42.0 Å². The lowest BCUT2D eigenvalue weighted by molar-refractivity contribution is 0.244. The molecule has 1 aliphatic carbocycles. The van der Waals surface area contributed by atoms with Crippen molar-refractivity contribution in [3.63, 3.8) is 0 Å². The Hall–Kier alpha value is -2.56. The molecule has 0 heterocycles. The van der Waals surface area contributed by atoms with Gasteiger partial charge in [0.25, 0.3) is 0 Å². The first-order valence-electron chi connectivity index (χ1n) is 8.09. The zero-order valence-electron chi connectivity index (χ0n) is 13.1. The number of nitrogens with zero attached hydrogens (tertiary/aromatic N) is 1. The third-order valence-electron chi connectivity index (χ3n) is 4.29. The van der Waals surface area contributed by atoms with Gasteiger partial charge in [0.15, 0.2) is 0 Å². The molecule has 0 bridgehead atoms. The minimum atomic E-state index is -0.122. The molecule has 0 aliphatic heterocycles. The van der Waals surface area contributed by atoms with Crippen molar-refractivity contribution >= 4 is 28.7 Å². The van der Waals surface area contributed by atoms with E-state index in [9.17, 15) is 4.79 Å². The molecular formula is C18H22N4O. The van der Waals surface area contributed by atoms with Crippen molar-refractivity contribution in [3.8, 4) is 0 Å². The maximum atomic E-state index is 12.1. The molecule has 4 N–H and O–H groups in total. The molecule has 0 unspecified atom stereocenters. The Morgan fingerprint density at radius 3 is 2.61 bits per heavy atom. The summed E-state index contributed by atoms with van der Waals surface area (Å²) in [6, 6.07) is 12.0. The summed E-state index contributed by atoms with van der Waals surface area (Å²) in [6.07, 6.45) is 7.46. The highest BCUT2D eigenvalue weighted by Crippen LogP contribution is 2.21. The standard InChI is InChI=1S/C18H22N4O/c19-20-12-13-6-7-15-11-17(9-8-14(15)10-13)22-18(23)21-16-4-2-1-3-5-16/h6-12,16H,1-5,19H2,(H2,21,22,23)/b20-12-. The molecule has 0 aromatic heterocycles. The Morgan fingerprint density at radius 2 is 1.83 bits per heavy atom. The Balaban J connectivity index is 1.67. The van der Waals surface area contributed by atoms with Crippen LogP contribution in [0, 0.1) is 0 Å². The van der Waals surface area contributed by atoms with Gasteiger partial charge in [0.2, 0.25) is 0 Å².